The minimum atomic E-state index is -0.862. The first-order valence-corrected chi connectivity index (χ1v) is 14.2. The zero-order valence-corrected chi connectivity index (χ0v) is 24.0. The maximum Gasteiger partial charge on any atom is 0.246 e. The molecule has 0 spiro atoms. The minimum absolute atomic E-state index is 0.0209. The number of hydrogen-bond donors (Lipinski definition) is 1. The van der Waals surface area contributed by atoms with Crippen LogP contribution in [-0.2, 0) is 24.9 Å². The standard InChI is InChI=1S/C30H28F2N6O3S/c1-5-25(40)37-14-20-10-23(35-38(20)12-16(37)2)29-27(26-22(32)8-19(31)9-24(26)41-15-17(3)39)30-21(6-7-42-30)28(34-29)18-11-33-36(4)13-18/h5-11,13,16-17,39H,1,12,14-15H2,2-4H3/t16-,17-/m1/s1. The molecule has 0 unspecified atom stereocenters. The Hall–Kier alpha value is -4.42. The van der Waals surface area contributed by atoms with Crippen LogP contribution in [0.1, 0.15) is 19.5 Å². The predicted octanol–water partition coefficient (Wildman–Crippen LogP) is 5.18. The fourth-order valence-corrected chi connectivity index (χ4v) is 6.22. The highest BCUT2D eigenvalue weighted by Gasteiger charge is 2.30. The van der Waals surface area contributed by atoms with E-state index in [0.717, 1.165) is 28.8 Å². The van der Waals surface area contributed by atoms with Gasteiger partial charge in [0.15, 0.2) is 0 Å². The zero-order chi connectivity index (χ0) is 29.7. The van der Waals surface area contributed by atoms with E-state index in [4.69, 9.17) is 14.8 Å². The second-order valence-electron chi connectivity index (χ2n) is 10.4. The van der Waals surface area contributed by atoms with Gasteiger partial charge in [-0.15, -0.1) is 11.3 Å². The third kappa shape index (κ3) is 4.86. The van der Waals surface area contributed by atoms with Gasteiger partial charge in [-0.05, 0) is 37.4 Å². The summed E-state index contributed by atoms with van der Waals surface area (Å²) in [5.41, 5.74) is 3.43. The second kappa shape index (κ2) is 10.8. The summed E-state index contributed by atoms with van der Waals surface area (Å²) in [6, 6.07) is 5.53. The van der Waals surface area contributed by atoms with Crippen LogP contribution in [0, 0.1) is 11.6 Å². The number of nitrogens with zero attached hydrogens (tertiary/aromatic N) is 6. The van der Waals surface area contributed by atoms with Crippen LogP contribution in [0.2, 0.25) is 0 Å². The summed E-state index contributed by atoms with van der Waals surface area (Å²) in [4.78, 5) is 19.3. The van der Waals surface area contributed by atoms with Crippen molar-refractivity contribution in [2.45, 2.75) is 39.1 Å². The van der Waals surface area contributed by atoms with Gasteiger partial charge in [-0.1, -0.05) is 6.58 Å². The fraction of sp³-hybridized carbons (Fsp3) is 0.267. The largest absolute Gasteiger partial charge is 0.490 e. The second-order valence-corrected chi connectivity index (χ2v) is 11.3. The van der Waals surface area contributed by atoms with Gasteiger partial charge in [0.1, 0.15) is 35.4 Å². The summed E-state index contributed by atoms with van der Waals surface area (Å²) < 4.78 is 40.3. The number of rotatable bonds is 7. The van der Waals surface area contributed by atoms with Crippen molar-refractivity contribution in [1.82, 2.24) is 29.4 Å². The van der Waals surface area contributed by atoms with Crippen LogP contribution in [0.25, 0.3) is 43.9 Å². The summed E-state index contributed by atoms with van der Waals surface area (Å²) in [5, 5.41) is 21.7. The molecule has 0 radical (unpaired) electrons. The number of aromatic nitrogens is 5. The molecule has 0 saturated carbocycles. The van der Waals surface area contributed by atoms with Crippen molar-refractivity contribution in [3.05, 3.63) is 72.0 Å². The third-order valence-corrected chi connectivity index (χ3v) is 8.13. The molecule has 42 heavy (non-hydrogen) atoms. The summed E-state index contributed by atoms with van der Waals surface area (Å²) in [6.07, 6.45) is 3.98. The van der Waals surface area contributed by atoms with Crippen LogP contribution >= 0.6 is 11.3 Å². The first-order chi connectivity index (χ1) is 20.1. The number of aliphatic hydroxyl groups excluding tert-OH is 1. The fourth-order valence-electron chi connectivity index (χ4n) is 5.27. The van der Waals surface area contributed by atoms with Crippen LogP contribution in [0.5, 0.6) is 5.75 Å². The highest BCUT2D eigenvalue weighted by atomic mass is 32.1. The Kier molecular flexibility index (Phi) is 7.11. The summed E-state index contributed by atoms with van der Waals surface area (Å²) in [6.45, 7) is 7.69. The van der Waals surface area contributed by atoms with E-state index in [9.17, 15) is 14.3 Å². The predicted molar refractivity (Wildman–Crippen MR) is 156 cm³/mol. The molecule has 0 aliphatic carbocycles. The van der Waals surface area contributed by atoms with Crippen LogP contribution in [-0.4, -0.2) is 59.2 Å². The molecule has 9 nitrogen and oxygen atoms in total. The number of fused-ring (bicyclic) bond motifs is 2. The van der Waals surface area contributed by atoms with Gasteiger partial charge >= 0.3 is 0 Å². The van der Waals surface area contributed by atoms with Gasteiger partial charge in [0.25, 0.3) is 0 Å². The number of aliphatic hydroxyl groups is 1. The normalized spacial score (nSPS) is 15.6. The number of carbonyl (C=O) groups is 1. The van der Waals surface area contributed by atoms with Crippen molar-refractivity contribution >= 4 is 27.3 Å². The van der Waals surface area contributed by atoms with E-state index >= 15 is 4.39 Å². The lowest BCUT2D eigenvalue weighted by atomic mass is 9.97. The number of pyridine rings is 1. The molecule has 6 rings (SSSR count). The minimum Gasteiger partial charge on any atom is -0.490 e. The first kappa shape index (κ1) is 27.7. The van der Waals surface area contributed by atoms with Gasteiger partial charge in [-0.2, -0.15) is 10.2 Å². The smallest absolute Gasteiger partial charge is 0.246 e. The highest BCUT2D eigenvalue weighted by Crippen LogP contribution is 2.47. The van der Waals surface area contributed by atoms with Gasteiger partial charge in [-0.25, -0.2) is 13.8 Å². The Labute approximate surface area is 244 Å². The Bertz CT molecular complexity index is 1840. The molecule has 0 bridgehead atoms. The quantitative estimate of drug-likeness (QED) is 0.262. The third-order valence-electron chi connectivity index (χ3n) is 7.20. The molecule has 2 atom stereocenters. The lowest BCUT2D eigenvalue weighted by Crippen LogP contribution is -2.44. The summed E-state index contributed by atoms with van der Waals surface area (Å²) >= 11 is 1.39. The van der Waals surface area contributed by atoms with E-state index in [1.807, 2.05) is 42.4 Å². The molecule has 1 aliphatic rings. The average Bonchev–Trinajstić information content (AvgIpc) is 3.70. The van der Waals surface area contributed by atoms with E-state index in [2.05, 4.69) is 11.7 Å². The SMILES string of the molecule is C=CC(=O)N1Cc2cc(-c3nc(-c4cnn(C)c4)c4ccsc4c3-c3c(F)cc(F)cc3OC[C@@H](C)O)nn2C[C@H]1C. The molecule has 0 fully saturated rings. The van der Waals surface area contributed by atoms with Crippen molar-refractivity contribution in [1.29, 1.82) is 0 Å². The number of carbonyl (C=O) groups excluding carboxylic acids is 1. The number of hydrogen-bond acceptors (Lipinski definition) is 7. The van der Waals surface area contributed by atoms with Crippen molar-refractivity contribution in [2.24, 2.45) is 7.05 Å². The first-order valence-electron chi connectivity index (χ1n) is 13.3. The number of aryl methyl sites for hydroxylation is 1. The summed E-state index contributed by atoms with van der Waals surface area (Å²) in [5.74, 6) is -1.87. The van der Waals surface area contributed by atoms with Gasteiger partial charge in [0.2, 0.25) is 5.91 Å². The van der Waals surface area contributed by atoms with Crippen molar-refractivity contribution in [2.75, 3.05) is 6.61 Å². The molecule has 12 heteroatoms. The van der Waals surface area contributed by atoms with Gasteiger partial charge in [-0.3, -0.25) is 14.2 Å². The molecule has 5 aromatic rings. The maximum absolute atomic E-state index is 15.8. The molecule has 1 aromatic carbocycles. The molecule has 1 amide bonds. The van der Waals surface area contributed by atoms with Gasteiger partial charge in [0.05, 0.1) is 42.3 Å². The topological polar surface area (TPSA) is 98.3 Å². The monoisotopic (exact) mass is 590 g/mol. The molecule has 4 aromatic heterocycles. The molecule has 5 heterocycles. The molecule has 1 aliphatic heterocycles. The molecule has 216 valence electrons. The van der Waals surface area contributed by atoms with Gasteiger partial charge in [0, 0.05) is 52.6 Å². The Morgan fingerprint density at radius 2 is 2.10 bits per heavy atom. The Morgan fingerprint density at radius 1 is 1.29 bits per heavy atom. The van der Waals surface area contributed by atoms with E-state index < -0.39 is 17.7 Å². The maximum atomic E-state index is 15.8. The van der Waals surface area contributed by atoms with Crippen molar-refractivity contribution < 1.29 is 23.4 Å². The molecule has 0 saturated heterocycles. The average molecular weight is 591 g/mol. The van der Waals surface area contributed by atoms with E-state index in [-0.39, 0.29) is 29.9 Å². The molecular formula is C30H28F2N6O3S. The Morgan fingerprint density at radius 3 is 2.81 bits per heavy atom. The number of amides is 1. The van der Waals surface area contributed by atoms with E-state index in [0.29, 0.717) is 40.4 Å². The van der Waals surface area contributed by atoms with Crippen LogP contribution in [0.4, 0.5) is 8.78 Å². The Balaban J connectivity index is 1.63. The molecular weight excluding hydrogens is 562 g/mol. The van der Waals surface area contributed by atoms with E-state index in [1.165, 1.54) is 24.3 Å². The number of ether oxygens (including phenoxy) is 1. The lowest BCUT2D eigenvalue weighted by Gasteiger charge is -2.33. The van der Waals surface area contributed by atoms with Crippen LogP contribution in [0.15, 0.2) is 54.7 Å². The zero-order valence-electron chi connectivity index (χ0n) is 23.2. The van der Waals surface area contributed by atoms with Crippen LogP contribution < -0.4 is 4.74 Å². The van der Waals surface area contributed by atoms with Crippen molar-refractivity contribution in [3.8, 4) is 39.5 Å². The van der Waals surface area contributed by atoms with Crippen LogP contribution in [0.3, 0.4) is 0 Å². The number of thiophene rings is 1. The highest BCUT2D eigenvalue weighted by molar-refractivity contribution is 7.18. The molecule has 1 N–H and O–H groups in total. The lowest BCUT2D eigenvalue weighted by molar-refractivity contribution is -0.129. The number of halogens is 2. The summed E-state index contributed by atoms with van der Waals surface area (Å²) in [7, 11) is 1.81. The van der Waals surface area contributed by atoms with Crippen molar-refractivity contribution in [3.63, 3.8) is 0 Å². The van der Waals surface area contributed by atoms with Gasteiger partial charge < -0.3 is 14.7 Å². The van der Waals surface area contributed by atoms with E-state index in [1.54, 1.807) is 15.8 Å². The number of benzene rings is 1.